The summed E-state index contributed by atoms with van der Waals surface area (Å²) in [6, 6.07) is 8.03. The van der Waals surface area contributed by atoms with Crippen molar-refractivity contribution in [3.63, 3.8) is 0 Å². The number of benzene rings is 1. The average Bonchev–Trinajstić information content (AvgIpc) is 2.69. The number of likely N-dealkylation sites (tertiary alicyclic amines) is 2. The summed E-state index contributed by atoms with van der Waals surface area (Å²) in [6.45, 7) is 9.36. The summed E-state index contributed by atoms with van der Waals surface area (Å²) in [4.78, 5) is 17.7. The van der Waals surface area contributed by atoms with Gasteiger partial charge >= 0.3 is 0 Å². The van der Waals surface area contributed by atoms with Crippen LogP contribution in [0.1, 0.15) is 45.1 Å². The van der Waals surface area contributed by atoms with Gasteiger partial charge in [-0.3, -0.25) is 9.69 Å². The monoisotopic (exact) mass is 375 g/mol. The third-order valence-electron chi connectivity index (χ3n) is 6.22. The second kappa shape index (κ2) is 9.65. The number of hydrogen-bond acceptors (Lipinski definition) is 3. The standard InChI is InChI=1S/C22H34FN3O/c1-17(2)25-14-10-20(11-15-25)26-13-5-7-19(16-26)22(27)24-12-9-18-6-3-4-8-21(18)23/h3-4,6,8,17,19-20H,5,7,9-16H2,1-2H3,(H,24,27). The third-order valence-corrected chi connectivity index (χ3v) is 6.22. The Bertz CT molecular complexity index is 613. The zero-order valence-corrected chi connectivity index (χ0v) is 16.8. The Balaban J connectivity index is 1.43. The molecule has 1 unspecified atom stereocenters. The molecule has 0 bridgehead atoms. The predicted molar refractivity (Wildman–Crippen MR) is 107 cm³/mol. The van der Waals surface area contributed by atoms with Crippen LogP contribution in [0.15, 0.2) is 24.3 Å². The lowest BCUT2D eigenvalue weighted by molar-refractivity contribution is -0.127. The molecule has 2 aliphatic heterocycles. The number of carbonyl (C=O) groups excluding carboxylic acids is 1. The van der Waals surface area contributed by atoms with Crippen LogP contribution >= 0.6 is 0 Å². The van der Waals surface area contributed by atoms with E-state index >= 15 is 0 Å². The number of halogens is 1. The summed E-state index contributed by atoms with van der Waals surface area (Å²) in [5, 5.41) is 3.03. The van der Waals surface area contributed by atoms with Gasteiger partial charge in [0.15, 0.2) is 0 Å². The van der Waals surface area contributed by atoms with Crippen molar-refractivity contribution >= 4 is 5.91 Å². The summed E-state index contributed by atoms with van der Waals surface area (Å²) < 4.78 is 13.7. The molecular weight excluding hydrogens is 341 g/mol. The first-order chi connectivity index (χ1) is 13.0. The van der Waals surface area contributed by atoms with Crippen LogP contribution in [0.2, 0.25) is 0 Å². The van der Waals surface area contributed by atoms with Crippen molar-refractivity contribution in [1.82, 2.24) is 15.1 Å². The van der Waals surface area contributed by atoms with E-state index in [1.54, 1.807) is 12.1 Å². The quantitative estimate of drug-likeness (QED) is 0.830. The maximum absolute atomic E-state index is 13.7. The molecule has 150 valence electrons. The van der Waals surface area contributed by atoms with E-state index in [1.165, 1.54) is 32.0 Å². The summed E-state index contributed by atoms with van der Waals surface area (Å²) in [7, 11) is 0. The molecule has 0 saturated carbocycles. The average molecular weight is 376 g/mol. The Labute approximate surface area is 163 Å². The van der Waals surface area contributed by atoms with E-state index in [2.05, 4.69) is 29.0 Å². The molecule has 1 amide bonds. The van der Waals surface area contributed by atoms with E-state index in [9.17, 15) is 9.18 Å². The van der Waals surface area contributed by atoms with Gasteiger partial charge in [-0.15, -0.1) is 0 Å². The van der Waals surface area contributed by atoms with E-state index in [1.807, 2.05) is 6.07 Å². The fourth-order valence-corrected chi connectivity index (χ4v) is 4.49. The molecule has 1 N–H and O–H groups in total. The molecule has 1 aromatic rings. The lowest BCUT2D eigenvalue weighted by Crippen LogP contribution is -2.51. The Morgan fingerprint density at radius 2 is 1.93 bits per heavy atom. The van der Waals surface area contributed by atoms with Crippen LogP contribution < -0.4 is 5.32 Å². The highest BCUT2D eigenvalue weighted by atomic mass is 19.1. The molecule has 5 heteroatoms. The highest BCUT2D eigenvalue weighted by molar-refractivity contribution is 5.79. The molecule has 3 rings (SSSR count). The van der Waals surface area contributed by atoms with Gasteiger partial charge in [-0.25, -0.2) is 4.39 Å². The SMILES string of the molecule is CC(C)N1CCC(N2CCCC(C(=O)NCCc3ccccc3F)C2)CC1. The van der Waals surface area contributed by atoms with Gasteiger partial charge in [0.25, 0.3) is 0 Å². The molecule has 2 heterocycles. The Hall–Kier alpha value is -1.46. The number of nitrogens with one attached hydrogen (secondary N) is 1. The van der Waals surface area contributed by atoms with Gasteiger partial charge in [0.1, 0.15) is 5.82 Å². The van der Waals surface area contributed by atoms with Gasteiger partial charge in [0.05, 0.1) is 5.92 Å². The molecule has 1 atom stereocenters. The lowest BCUT2D eigenvalue weighted by atomic mass is 9.93. The second-order valence-corrected chi connectivity index (χ2v) is 8.33. The summed E-state index contributed by atoms with van der Waals surface area (Å²) >= 11 is 0. The van der Waals surface area contributed by atoms with Gasteiger partial charge in [-0.05, 0) is 77.2 Å². The number of amides is 1. The van der Waals surface area contributed by atoms with Crippen LogP contribution in [0.5, 0.6) is 0 Å². The summed E-state index contributed by atoms with van der Waals surface area (Å²) in [5.74, 6) is 0.0153. The van der Waals surface area contributed by atoms with Crippen molar-refractivity contribution in [2.24, 2.45) is 5.92 Å². The molecule has 2 fully saturated rings. The van der Waals surface area contributed by atoms with Gasteiger partial charge in [-0.1, -0.05) is 18.2 Å². The molecule has 0 radical (unpaired) electrons. The van der Waals surface area contributed by atoms with Crippen molar-refractivity contribution in [3.05, 3.63) is 35.6 Å². The van der Waals surface area contributed by atoms with E-state index in [0.29, 0.717) is 30.6 Å². The Morgan fingerprint density at radius 1 is 1.19 bits per heavy atom. The summed E-state index contributed by atoms with van der Waals surface area (Å²) in [5.41, 5.74) is 0.667. The molecule has 1 aromatic carbocycles. The minimum Gasteiger partial charge on any atom is -0.355 e. The molecular formula is C22H34FN3O. The molecule has 0 spiro atoms. The van der Waals surface area contributed by atoms with E-state index in [-0.39, 0.29) is 17.6 Å². The van der Waals surface area contributed by atoms with Crippen LogP contribution in [-0.2, 0) is 11.2 Å². The molecule has 2 aliphatic rings. The fraction of sp³-hybridized carbons (Fsp3) is 0.682. The van der Waals surface area contributed by atoms with Crippen molar-refractivity contribution in [1.29, 1.82) is 0 Å². The number of rotatable bonds is 6. The number of carbonyl (C=O) groups is 1. The number of nitrogens with zero attached hydrogens (tertiary/aromatic N) is 2. The van der Waals surface area contributed by atoms with Crippen LogP contribution in [0.3, 0.4) is 0 Å². The van der Waals surface area contributed by atoms with E-state index in [0.717, 1.165) is 25.9 Å². The van der Waals surface area contributed by atoms with Gasteiger partial charge in [0.2, 0.25) is 5.91 Å². The van der Waals surface area contributed by atoms with Crippen molar-refractivity contribution in [2.45, 2.75) is 58.0 Å². The lowest BCUT2D eigenvalue weighted by Gasteiger charge is -2.43. The van der Waals surface area contributed by atoms with Crippen molar-refractivity contribution in [3.8, 4) is 0 Å². The fourth-order valence-electron chi connectivity index (χ4n) is 4.49. The maximum atomic E-state index is 13.7. The Morgan fingerprint density at radius 3 is 2.63 bits per heavy atom. The topological polar surface area (TPSA) is 35.6 Å². The second-order valence-electron chi connectivity index (χ2n) is 8.33. The normalized spacial score (nSPS) is 22.9. The van der Waals surface area contributed by atoms with Crippen LogP contribution in [0.4, 0.5) is 4.39 Å². The first-order valence-corrected chi connectivity index (χ1v) is 10.5. The Kier molecular flexibility index (Phi) is 7.25. The predicted octanol–water partition coefficient (Wildman–Crippen LogP) is 3.07. The molecule has 0 aliphatic carbocycles. The van der Waals surface area contributed by atoms with Gasteiger partial charge in [-0.2, -0.15) is 0 Å². The molecule has 0 aromatic heterocycles. The van der Waals surface area contributed by atoms with E-state index in [4.69, 9.17) is 0 Å². The molecule has 4 nitrogen and oxygen atoms in total. The smallest absolute Gasteiger partial charge is 0.224 e. The van der Waals surface area contributed by atoms with E-state index < -0.39 is 0 Å². The van der Waals surface area contributed by atoms with Crippen LogP contribution in [0, 0.1) is 11.7 Å². The zero-order chi connectivity index (χ0) is 19.2. The number of hydrogen-bond donors (Lipinski definition) is 1. The van der Waals surface area contributed by atoms with Crippen molar-refractivity contribution in [2.75, 3.05) is 32.7 Å². The van der Waals surface area contributed by atoms with Gasteiger partial charge in [0, 0.05) is 25.2 Å². The highest BCUT2D eigenvalue weighted by Gasteiger charge is 2.31. The van der Waals surface area contributed by atoms with Crippen LogP contribution in [-0.4, -0.2) is 60.5 Å². The minimum atomic E-state index is -0.191. The highest BCUT2D eigenvalue weighted by Crippen LogP contribution is 2.24. The zero-order valence-electron chi connectivity index (χ0n) is 16.8. The maximum Gasteiger partial charge on any atom is 0.224 e. The molecule has 2 saturated heterocycles. The number of piperidine rings is 2. The first-order valence-electron chi connectivity index (χ1n) is 10.5. The third kappa shape index (κ3) is 5.52. The first kappa shape index (κ1) is 20.3. The van der Waals surface area contributed by atoms with Gasteiger partial charge < -0.3 is 10.2 Å². The minimum absolute atomic E-state index is 0.0718. The molecule has 27 heavy (non-hydrogen) atoms. The van der Waals surface area contributed by atoms with Crippen molar-refractivity contribution < 1.29 is 9.18 Å². The largest absolute Gasteiger partial charge is 0.355 e. The van der Waals surface area contributed by atoms with Crippen LogP contribution in [0.25, 0.3) is 0 Å². The summed E-state index contributed by atoms with van der Waals surface area (Å²) in [6.07, 6.45) is 5.02.